The number of benzene rings is 1. The van der Waals surface area contributed by atoms with Gasteiger partial charge >= 0.3 is 0 Å². The third kappa shape index (κ3) is 3.66. The number of hydrogen-bond donors (Lipinski definition) is 1. The Balaban J connectivity index is 1.53. The minimum Gasteiger partial charge on any atom is -0.373 e. The zero-order valence-corrected chi connectivity index (χ0v) is 13.0. The summed E-state index contributed by atoms with van der Waals surface area (Å²) < 4.78 is 11.4. The van der Waals surface area contributed by atoms with Crippen molar-refractivity contribution in [1.29, 1.82) is 0 Å². The van der Waals surface area contributed by atoms with Crippen molar-refractivity contribution in [3.63, 3.8) is 0 Å². The van der Waals surface area contributed by atoms with Crippen molar-refractivity contribution in [2.75, 3.05) is 39.9 Å². The number of rotatable bonds is 4. The Kier molecular flexibility index (Phi) is 5.08. The van der Waals surface area contributed by atoms with Crippen molar-refractivity contribution in [2.45, 2.75) is 18.6 Å². The van der Waals surface area contributed by atoms with Gasteiger partial charge in [0.15, 0.2) is 0 Å². The molecule has 22 heavy (non-hydrogen) atoms. The average molecular weight is 304 g/mol. The number of likely N-dealkylation sites (N-methyl/N-ethyl adjacent to an activating group) is 1. The summed E-state index contributed by atoms with van der Waals surface area (Å²) in [6, 6.07) is 10.2. The lowest BCUT2D eigenvalue weighted by atomic mass is 9.95. The fourth-order valence-corrected chi connectivity index (χ4v) is 3.14. The second-order valence-electron chi connectivity index (χ2n) is 6.12. The Hall–Kier alpha value is -1.43. The normalized spacial score (nSPS) is 29.4. The van der Waals surface area contributed by atoms with Crippen LogP contribution < -0.4 is 5.32 Å². The number of morpholine rings is 1. The molecule has 2 aliphatic rings. The molecule has 5 nitrogen and oxygen atoms in total. The fraction of sp³-hybridized carbons (Fsp3) is 0.588. The highest BCUT2D eigenvalue weighted by molar-refractivity contribution is 5.81. The summed E-state index contributed by atoms with van der Waals surface area (Å²) >= 11 is 0. The van der Waals surface area contributed by atoms with Gasteiger partial charge < -0.3 is 19.7 Å². The number of nitrogens with one attached hydrogen (secondary N) is 1. The van der Waals surface area contributed by atoms with E-state index in [-0.39, 0.29) is 18.1 Å². The van der Waals surface area contributed by atoms with Crippen LogP contribution in [0.25, 0.3) is 0 Å². The maximum atomic E-state index is 12.2. The lowest BCUT2D eigenvalue weighted by Crippen LogP contribution is -2.49. The van der Waals surface area contributed by atoms with E-state index >= 15 is 0 Å². The van der Waals surface area contributed by atoms with Gasteiger partial charge in [-0.05, 0) is 19.0 Å². The van der Waals surface area contributed by atoms with Gasteiger partial charge in [0.25, 0.3) is 0 Å². The highest BCUT2D eigenvalue weighted by Gasteiger charge is 2.31. The van der Waals surface area contributed by atoms with Crippen LogP contribution in [0.3, 0.4) is 0 Å². The van der Waals surface area contributed by atoms with Gasteiger partial charge in [-0.25, -0.2) is 0 Å². The van der Waals surface area contributed by atoms with Gasteiger partial charge in [0.1, 0.15) is 6.10 Å². The second kappa shape index (κ2) is 7.22. The van der Waals surface area contributed by atoms with E-state index < -0.39 is 0 Å². The highest BCUT2D eigenvalue weighted by Crippen LogP contribution is 2.33. The molecule has 5 heteroatoms. The SMILES string of the molecule is CN1CCOC(C(=O)NC[C@@H]2CCO[C@H]2c2ccccc2)C1. The van der Waals surface area contributed by atoms with Gasteiger partial charge in [-0.2, -0.15) is 0 Å². The van der Waals surface area contributed by atoms with E-state index in [9.17, 15) is 4.79 Å². The molecule has 120 valence electrons. The van der Waals surface area contributed by atoms with Crippen molar-refractivity contribution >= 4 is 5.91 Å². The van der Waals surface area contributed by atoms with Crippen molar-refractivity contribution in [2.24, 2.45) is 5.92 Å². The molecule has 1 amide bonds. The first-order chi connectivity index (χ1) is 10.7. The van der Waals surface area contributed by atoms with Crippen molar-refractivity contribution in [3.8, 4) is 0 Å². The van der Waals surface area contributed by atoms with Gasteiger partial charge in [-0.3, -0.25) is 4.79 Å². The van der Waals surface area contributed by atoms with Crippen molar-refractivity contribution in [1.82, 2.24) is 10.2 Å². The second-order valence-corrected chi connectivity index (χ2v) is 6.12. The van der Waals surface area contributed by atoms with Crippen LogP contribution >= 0.6 is 0 Å². The molecule has 1 unspecified atom stereocenters. The Morgan fingerprint density at radius 3 is 2.86 bits per heavy atom. The van der Waals surface area contributed by atoms with Crippen LogP contribution in [-0.2, 0) is 14.3 Å². The number of carbonyl (C=O) groups excluding carboxylic acids is 1. The van der Waals surface area contributed by atoms with E-state index in [1.807, 2.05) is 25.2 Å². The van der Waals surface area contributed by atoms with Crippen LogP contribution in [0.4, 0.5) is 0 Å². The molecule has 0 aliphatic carbocycles. The molecule has 0 aromatic heterocycles. The molecule has 0 saturated carbocycles. The summed E-state index contributed by atoms with van der Waals surface area (Å²) in [6.45, 7) is 3.56. The molecule has 2 fully saturated rings. The highest BCUT2D eigenvalue weighted by atomic mass is 16.5. The minimum absolute atomic E-state index is 0.00902. The van der Waals surface area contributed by atoms with Crippen LogP contribution in [0.15, 0.2) is 30.3 Å². The Labute approximate surface area is 131 Å². The Morgan fingerprint density at radius 2 is 2.09 bits per heavy atom. The summed E-state index contributed by atoms with van der Waals surface area (Å²) in [4.78, 5) is 14.4. The number of ether oxygens (including phenoxy) is 2. The number of amides is 1. The van der Waals surface area contributed by atoms with Crippen LogP contribution in [-0.4, -0.2) is 56.8 Å². The largest absolute Gasteiger partial charge is 0.373 e. The summed E-state index contributed by atoms with van der Waals surface area (Å²) in [5.74, 6) is 0.318. The molecule has 1 N–H and O–H groups in total. The quantitative estimate of drug-likeness (QED) is 0.908. The molecule has 2 heterocycles. The van der Waals surface area contributed by atoms with Crippen LogP contribution in [0.2, 0.25) is 0 Å². The number of nitrogens with zero attached hydrogens (tertiary/aromatic N) is 1. The summed E-state index contributed by atoms with van der Waals surface area (Å²) in [7, 11) is 2.01. The van der Waals surface area contributed by atoms with Gasteiger partial charge in [-0.1, -0.05) is 30.3 Å². The molecule has 0 spiro atoms. The average Bonchev–Trinajstić information content (AvgIpc) is 3.02. The first-order valence-corrected chi connectivity index (χ1v) is 7.98. The van der Waals surface area contributed by atoms with E-state index in [4.69, 9.17) is 9.47 Å². The summed E-state index contributed by atoms with van der Waals surface area (Å²) in [5, 5.41) is 3.04. The molecular formula is C17H24N2O3. The number of hydrogen-bond acceptors (Lipinski definition) is 4. The van der Waals surface area contributed by atoms with Gasteiger partial charge in [-0.15, -0.1) is 0 Å². The Morgan fingerprint density at radius 1 is 1.27 bits per heavy atom. The Bertz CT molecular complexity index is 494. The first kappa shape index (κ1) is 15.5. The zero-order chi connectivity index (χ0) is 15.4. The van der Waals surface area contributed by atoms with Gasteiger partial charge in [0.05, 0.1) is 12.7 Å². The molecule has 0 bridgehead atoms. The van der Waals surface area contributed by atoms with Crippen LogP contribution in [0.5, 0.6) is 0 Å². The standard InChI is InChI=1S/C17H24N2O3/c1-19-8-10-21-15(12-19)17(20)18-11-14-7-9-22-16(14)13-5-3-2-4-6-13/h2-6,14-16H,7-12H2,1H3,(H,18,20)/t14-,15?,16-/m0/s1. The molecule has 2 aliphatic heterocycles. The van der Waals surface area contributed by atoms with Gasteiger partial charge in [0.2, 0.25) is 5.91 Å². The van der Waals surface area contributed by atoms with E-state index in [1.165, 1.54) is 5.56 Å². The fourth-order valence-electron chi connectivity index (χ4n) is 3.14. The summed E-state index contributed by atoms with van der Waals surface area (Å²) in [5.41, 5.74) is 1.19. The van der Waals surface area contributed by atoms with Crippen LogP contribution in [0.1, 0.15) is 18.1 Å². The third-order valence-electron chi connectivity index (χ3n) is 4.44. The van der Waals surface area contributed by atoms with Crippen molar-refractivity contribution < 1.29 is 14.3 Å². The molecule has 1 aromatic carbocycles. The first-order valence-electron chi connectivity index (χ1n) is 7.98. The molecule has 2 saturated heterocycles. The third-order valence-corrected chi connectivity index (χ3v) is 4.44. The maximum absolute atomic E-state index is 12.2. The van der Waals surface area contributed by atoms with E-state index in [0.29, 0.717) is 25.6 Å². The maximum Gasteiger partial charge on any atom is 0.250 e. The predicted molar refractivity (Wildman–Crippen MR) is 83.5 cm³/mol. The lowest BCUT2D eigenvalue weighted by Gasteiger charge is -2.29. The molecule has 1 aromatic rings. The molecule has 3 rings (SSSR count). The lowest BCUT2D eigenvalue weighted by molar-refractivity contribution is -0.138. The molecular weight excluding hydrogens is 280 g/mol. The smallest absolute Gasteiger partial charge is 0.250 e. The number of carbonyl (C=O) groups is 1. The predicted octanol–water partition coefficient (Wildman–Crippen LogP) is 1.21. The van der Waals surface area contributed by atoms with E-state index in [0.717, 1.165) is 19.6 Å². The zero-order valence-electron chi connectivity index (χ0n) is 13.0. The van der Waals surface area contributed by atoms with Gasteiger partial charge in [0, 0.05) is 32.2 Å². The minimum atomic E-state index is -0.351. The molecule has 3 atom stereocenters. The van der Waals surface area contributed by atoms with E-state index in [1.54, 1.807) is 0 Å². The van der Waals surface area contributed by atoms with E-state index in [2.05, 4.69) is 22.3 Å². The topological polar surface area (TPSA) is 50.8 Å². The summed E-state index contributed by atoms with van der Waals surface area (Å²) in [6.07, 6.45) is 0.707. The molecule has 0 radical (unpaired) electrons. The monoisotopic (exact) mass is 304 g/mol. The van der Waals surface area contributed by atoms with Crippen LogP contribution in [0, 0.1) is 5.92 Å². The van der Waals surface area contributed by atoms with Crippen molar-refractivity contribution in [3.05, 3.63) is 35.9 Å².